The lowest BCUT2D eigenvalue weighted by molar-refractivity contribution is 0.122. The largest absolute Gasteiger partial charge is 0.378 e. The van der Waals surface area contributed by atoms with Crippen molar-refractivity contribution in [1.82, 2.24) is 15.0 Å². The normalized spacial score (nSPS) is 16.3. The van der Waals surface area contributed by atoms with Crippen molar-refractivity contribution in [3.63, 3.8) is 0 Å². The zero-order chi connectivity index (χ0) is 20.6. The Morgan fingerprint density at radius 3 is 2.74 bits per heavy atom. The second kappa shape index (κ2) is 7.56. The molecule has 6 heteroatoms. The van der Waals surface area contributed by atoms with Crippen LogP contribution in [0, 0.1) is 0 Å². The van der Waals surface area contributed by atoms with Gasteiger partial charge in [0.05, 0.1) is 36.5 Å². The van der Waals surface area contributed by atoms with Crippen LogP contribution in [0.2, 0.25) is 0 Å². The fraction of sp³-hybridized carbons (Fsp3) is 0.200. The number of rotatable bonds is 3. The average molecular weight is 407 g/mol. The van der Waals surface area contributed by atoms with E-state index in [9.17, 15) is 0 Å². The van der Waals surface area contributed by atoms with Gasteiger partial charge in [-0.1, -0.05) is 18.2 Å². The molecule has 2 aliphatic heterocycles. The third-order valence-corrected chi connectivity index (χ3v) is 5.90. The molecule has 0 N–H and O–H groups in total. The SMILES string of the molecule is C1=NCC(c2nccc3c(-c4cnc5ccccc5c4)cc(N4CCOCC4)nc23)=C1. The highest BCUT2D eigenvalue weighted by Gasteiger charge is 2.19. The minimum atomic E-state index is 0.641. The zero-order valence-corrected chi connectivity index (χ0v) is 17.0. The first-order chi connectivity index (χ1) is 15.4. The number of hydrogen-bond acceptors (Lipinski definition) is 6. The second-order valence-corrected chi connectivity index (χ2v) is 7.78. The second-order valence-electron chi connectivity index (χ2n) is 7.78. The lowest BCUT2D eigenvalue weighted by Crippen LogP contribution is -2.36. The smallest absolute Gasteiger partial charge is 0.130 e. The van der Waals surface area contributed by atoms with Crippen molar-refractivity contribution < 1.29 is 4.74 Å². The number of benzene rings is 1. The molecule has 4 aromatic rings. The van der Waals surface area contributed by atoms with Gasteiger partial charge in [0.2, 0.25) is 0 Å². The number of nitrogens with zero attached hydrogens (tertiary/aromatic N) is 5. The molecule has 0 amide bonds. The number of morpholine rings is 1. The summed E-state index contributed by atoms with van der Waals surface area (Å²) in [6.07, 6.45) is 7.70. The number of anilines is 1. The van der Waals surface area contributed by atoms with Gasteiger partial charge in [-0.25, -0.2) is 4.98 Å². The summed E-state index contributed by atoms with van der Waals surface area (Å²) in [5.41, 5.74) is 6.10. The first-order valence-electron chi connectivity index (χ1n) is 10.5. The highest BCUT2D eigenvalue weighted by molar-refractivity contribution is 6.03. The van der Waals surface area contributed by atoms with Crippen molar-refractivity contribution in [3.05, 3.63) is 66.6 Å². The molecule has 1 saturated heterocycles. The van der Waals surface area contributed by atoms with E-state index in [4.69, 9.17) is 19.7 Å². The van der Waals surface area contributed by atoms with E-state index in [0.717, 1.165) is 63.1 Å². The number of para-hydroxylation sites is 1. The number of aromatic nitrogens is 3. The quantitative estimate of drug-likeness (QED) is 0.511. The van der Waals surface area contributed by atoms with Crippen LogP contribution in [0.3, 0.4) is 0 Å². The molecule has 31 heavy (non-hydrogen) atoms. The maximum Gasteiger partial charge on any atom is 0.130 e. The number of ether oxygens (including phenoxy) is 1. The molecule has 3 aromatic heterocycles. The van der Waals surface area contributed by atoms with Crippen LogP contribution in [0.5, 0.6) is 0 Å². The van der Waals surface area contributed by atoms with Crippen molar-refractivity contribution in [2.75, 3.05) is 37.7 Å². The molecule has 0 bridgehead atoms. The molecule has 1 fully saturated rings. The van der Waals surface area contributed by atoms with Crippen molar-refractivity contribution in [2.24, 2.45) is 4.99 Å². The number of allylic oxidation sites excluding steroid dienone is 1. The maximum absolute atomic E-state index is 5.56. The van der Waals surface area contributed by atoms with Gasteiger partial charge in [-0.2, -0.15) is 0 Å². The lowest BCUT2D eigenvalue weighted by atomic mass is 9.99. The van der Waals surface area contributed by atoms with Crippen LogP contribution in [0.15, 0.2) is 65.9 Å². The van der Waals surface area contributed by atoms with Gasteiger partial charge in [-0.05, 0) is 35.9 Å². The van der Waals surface area contributed by atoms with Gasteiger partial charge in [-0.15, -0.1) is 0 Å². The summed E-state index contributed by atoms with van der Waals surface area (Å²) in [6.45, 7) is 3.73. The average Bonchev–Trinajstić information content (AvgIpc) is 3.38. The van der Waals surface area contributed by atoms with Crippen LogP contribution in [0.1, 0.15) is 5.69 Å². The highest BCUT2D eigenvalue weighted by atomic mass is 16.5. The molecular formula is C25H21N5O. The van der Waals surface area contributed by atoms with E-state index in [0.29, 0.717) is 19.8 Å². The van der Waals surface area contributed by atoms with Crippen LogP contribution in [0.25, 0.3) is 38.5 Å². The van der Waals surface area contributed by atoms with Crippen LogP contribution >= 0.6 is 0 Å². The lowest BCUT2D eigenvalue weighted by Gasteiger charge is -2.28. The number of pyridine rings is 3. The van der Waals surface area contributed by atoms with Gasteiger partial charge in [0, 0.05) is 53.6 Å². The Morgan fingerprint density at radius 2 is 1.87 bits per heavy atom. The van der Waals surface area contributed by atoms with E-state index in [1.54, 1.807) is 0 Å². The van der Waals surface area contributed by atoms with E-state index in [2.05, 4.69) is 34.2 Å². The van der Waals surface area contributed by atoms with E-state index in [-0.39, 0.29) is 0 Å². The molecule has 6 rings (SSSR count). The third-order valence-electron chi connectivity index (χ3n) is 5.90. The van der Waals surface area contributed by atoms with Crippen molar-refractivity contribution in [2.45, 2.75) is 0 Å². The summed E-state index contributed by atoms with van der Waals surface area (Å²) in [7, 11) is 0. The number of aliphatic imine (C=N–C) groups is 1. The topological polar surface area (TPSA) is 63.5 Å². The minimum absolute atomic E-state index is 0.641. The Balaban J connectivity index is 1.60. The molecule has 0 spiro atoms. The van der Waals surface area contributed by atoms with Crippen LogP contribution in [-0.4, -0.2) is 54.0 Å². The van der Waals surface area contributed by atoms with Crippen molar-refractivity contribution >= 4 is 39.4 Å². The number of hydrogen-bond donors (Lipinski definition) is 0. The van der Waals surface area contributed by atoms with Crippen LogP contribution in [-0.2, 0) is 4.74 Å². The highest BCUT2D eigenvalue weighted by Crippen LogP contribution is 2.35. The van der Waals surface area contributed by atoms with Gasteiger partial charge in [0.15, 0.2) is 0 Å². The van der Waals surface area contributed by atoms with Crippen LogP contribution < -0.4 is 4.90 Å². The van der Waals surface area contributed by atoms with E-state index >= 15 is 0 Å². The molecule has 0 aliphatic carbocycles. The first kappa shape index (κ1) is 18.2. The fourth-order valence-electron chi connectivity index (χ4n) is 4.29. The molecular weight excluding hydrogens is 386 g/mol. The summed E-state index contributed by atoms with van der Waals surface area (Å²) in [4.78, 5) is 21.1. The monoisotopic (exact) mass is 407 g/mol. The number of fused-ring (bicyclic) bond motifs is 2. The summed E-state index contributed by atoms with van der Waals surface area (Å²) >= 11 is 0. The molecule has 6 nitrogen and oxygen atoms in total. The molecule has 0 saturated carbocycles. The van der Waals surface area contributed by atoms with Gasteiger partial charge >= 0.3 is 0 Å². The predicted octanol–water partition coefficient (Wildman–Crippen LogP) is 4.15. The summed E-state index contributed by atoms with van der Waals surface area (Å²) < 4.78 is 5.56. The minimum Gasteiger partial charge on any atom is -0.378 e. The third kappa shape index (κ3) is 3.25. The molecule has 2 aliphatic rings. The Labute approximate surface area is 179 Å². The van der Waals surface area contributed by atoms with Gasteiger partial charge in [0.1, 0.15) is 5.82 Å². The van der Waals surface area contributed by atoms with Crippen molar-refractivity contribution in [3.8, 4) is 11.1 Å². The Hall–Kier alpha value is -3.64. The summed E-state index contributed by atoms with van der Waals surface area (Å²) in [5, 5.41) is 2.20. The van der Waals surface area contributed by atoms with E-state index in [1.807, 2.05) is 42.9 Å². The molecule has 0 atom stereocenters. The summed E-state index contributed by atoms with van der Waals surface area (Å²) in [6, 6.07) is 14.6. The summed E-state index contributed by atoms with van der Waals surface area (Å²) in [5.74, 6) is 0.952. The van der Waals surface area contributed by atoms with E-state index < -0.39 is 0 Å². The van der Waals surface area contributed by atoms with Gasteiger partial charge < -0.3 is 9.64 Å². The van der Waals surface area contributed by atoms with E-state index in [1.165, 1.54) is 0 Å². The molecule has 152 valence electrons. The predicted molar refractivity (Wildman–Crippen MR) is 125 cm³/mol. The van der Waals surface area contributed by atoms with Gasteiger partial charge in [0.25, 0.3) is 0 Å². The standard InChI is InChI=1S/C25H21N5O/c1-2-4-22-17(3-1)13-19(16-28-22)21-14-23(30-9-11-31-12-10-30)29-25-20(21)6-8-27-24(25)18-5-7-26-15-18/h1-8,13-14,16H,9-12,15H2. The van der Waals surface area contributed by atoms with Gasteiger partial charge in [-0.3, -0.25) is 15.0 Å². The molecule has 1 aromatic carbocycles. The van der Waals surface area contributed by atoms with Crippen LogP contribution in [0.4, 0.5) is 5.82 Å². The van der Waals surface area contributed by atoms with Crippen molar-refractivity contribution in [1.29, 1.82) is 0 Å². The maximum atomic E-state index is 5.56. The molecule has 0 radical (unpaired) electrons. The zero-order valence-electron chi connectivity index (χ0n) is 17.0. The Bertz CT molecular complexity index is 1350. The first-order valence-corrected chi connectivity index (χ1v) is 10.5. The Morgan fingerprint density at radius 1 is 0.968 bits per heavy atom. The Kier molecular flexibility index (Phi) is 4.43. The molecule has 0 unspecified atom stereocenters. The fourth-order valence-corrected chi connectivity index (χ4v) is 4.29. The molecule has 5 heterocycles.